The Morgan fingerprint density at radius 3 is 2.51 bits per heavy atom. The van der Waals surface area contributed by atoms with Gasteiger partial charge in [0.05, 0.1) is 17.1 Å². The minimum Gasteiger partial charge on any atom is -0.481 e. The van der Waals surface area contributed by atoms with E-state index in [9.17, 15) is 23.1 Å². The number of carbonyl (C=O) groups excluding carboxylic acids is 1. The lowest BCUT2D eigenvalue weighted by molar-refractivity contribution is -0.147. The van der Waals surface area contributed by atoms with Crippen molar-refractivity contribution >= 4 is 55.9 Å². The van der Waals surface area contributed by atoms with Crippen LogP contribution in [0.25, 0.3) is 11.0 Å². The molecule has 1 atom stereocenters. The minimum atomic E-state index is -3.22. The van der Waals surface area contributed by atoms with Gasteiger partial charge in [-0.2, -0.15) is 9.97 Å². The van der Waals surface area contributed by atoms with E-state index < -0.39 is 21.4 Å². The van der Waals surface area contributed by atoms with E-state index in [1.807, 2.05) is 24.3 Å². The third kappa shape index (κ3) is 7.59. The second-order valence-corrected chi connectivity index (χ2v) is 13.5. The summed E-state index contributed by atoms with van der Waals surface area (Å²) < 4.78 is 33.1. The third-order valence-electron chi connectivity index (χ3n) is 7.36. The molecule has 0 radical (unpaired) electrons. The molecule has 2 aromatic carbocycles. The summed E-state index contributed by atoms with van der Waals surface area (Å²) in [5.41, 5.74) is 1.45. The van der Waals surface area contributed by atoms with Gasteiger partial charge in [-0.3, -0.25) is 9.59 Å². The molecule has 1 fully saturated rings. The smallest absolute Gasteiger partial charge is 0.310 e. The van der Waals surface area contributed by atoms with E-state index in [0.29, 0.717) is 47.7 Å². The van der Waals surface area contributed by atoms with Gasteiger partial charge >= 0.3 is 5.97 Å². The fraction of sp³-hybridized carbons (Fsp3) is 0.290. The average Bonchev–Trinajstić information content (AvgIpc) is 3.62. The van der Waals surface area contributed by atoms with E-state index in [2.05, 4.69) is 27.5 Å². The fourth-order valence-electron chi connectivity index (χ4n) is 4.90. The molecule has 1 saturated heterocycles. The quantitative estimate of drug-likeness (QED) is 0.161. The van der Waals surface area contributed by atoms with Gasteiger partial charge in [0, 0.05) is 55.0 Å². The van der Waals surface area contributed by atoms with Gasteiger partial charge in [0.15, 0.2) is 0 Å². The molecule has 2 aromatic heterocycles. The van der Waals surface area contributed by atoms with Crippen molar-refractivity contribution in [1.29, 1.82) is 0 Å². The molecular weight excluding hydrogens is 598 g/mol. The number of carboxylic acid groups (broad SMARTS) is 1. The first-order valence-electron chi connectivity index (χ1n) is 14.2. The molecular formula is C31H35N7O6S. The Morgan fingerprint density at radius 2 is 1.84 bits per heavy atom. The number of rotatable bonds is 12. The van der Waals surface area contributed by atoms with Crippen molar-refractivity contribution in [3.63, 3.8) is 0 Å². The molecule has 4 aromatic rings. The van der Waals surface area contributed by atoms with Crippen molar-refractivity contribution in [2.75, 3.05) is 35.3 Å². The monoisotopic (exact) mass is 633 g/mol. The van der Waals surface area contributed by atoms with Crippen molar-refractivity contribution in [2.45, 2.75) is 32.9 Å². The Bertz CT molecular complexity index is 1850. The SMILES string of the molecule is C=CC(=O)Nc1cccc(Oc2nc(Nc3ccc(N[C@H]4CCN(S(C)(=O)=O)C4)cc3)nc3c2ccn3CC(C)(C)C(=O)O)c1. The lowest BCUT2D eigenvalue weighted by Crippen LogP contribution is -2.30. The van der Waals surface area contributed by atoms with Crippen LogP contribution in [-0.2, 0) is 26.2 Å². The molecule has 13 nitrogen and oxygen atoms in total. The van der Waals surface area contributed by atoms with Crippen molar-refractivity contribution in [3.05, 3.63) is 73.4 Å². The summed E-state index contributed by atoms with van der Waals surface area (Å²) in [6, 6.07) is 16.0. The van der Waals surface area contributed by atoms with Gasteiger partial charge in [-0.25, -0.2) is 12.7 Å². The number of carbonyl (C=O) groups is 2. The summed E-state index contributed by atoms with van der Waals surface area (Å²) in [4.78, 5) is 33.0. The molecule has 236 valence electrons. The van der Waals surface area contributed by atoms with E-state index in [1.54, 1.807) is 54.9 Å². The number of anilines is 4. The number of carboxylic acids is 1. The van der Waals surface area contributed by atoms with Crippen LogP contribution in [-0.4, -0.2) is 69.6 Å². The van der Waals surface area contributed by atoms with Crippen molar-refractivity contribution in [2.24, 2.45) is 5.41 Å². The maximum absolute atomic E-state index is 11.9. The molecule has 0 bridgehead atoms. The van der Waals surface area contributed by atoms with Gasteiger partial charge in [0.2, 0.25) is 27.8 Å². The molecule has 45 heavy (non-hydrogen) atoms. The second kappa shape index (κ2) is 12.6. The Kier molecular flexibility index (Phi) is 8.80. The van der Waals surface area contributed by atoms with Crippen LogP contribution in [0.4, 0.5) is 23.0 Å². The number of hydrogen-bond donors (Lipinski definition) is 4. The normalized spacial score (nSPS) is 15.5. The number of nitrogens with zero attached hydrogens (tertiary/aromatic N) is 4. The number of benzene rings is 2. The van der Waals surface area contributed by atoms with Crippen molar-refractivity contribution in [1.82, 2.24) is 18.8 Å². The molecule has 0 aliphatic carbocycles. The molecule has 14 heteroatoms. The lowest BCUT2D eigenvalue weighted by Gasteiger charge is -2.20. The molecule has 1 amide bonds. The highest BCUT2D eigenvalue weighted by molar-refractivity contribution is 7.88. The summed E-state index contributed by atoms with van der Waals surface area (Å²) in [5.74, 6) is -0.430. The molecule has 4 N–H and O–H groups in total. The molecule has 5 rings (SSSR count). The summed E-state index contributed by atoms with van der Waals surface area (Å²) in [6.45, 7) is 7.81. The van der Waals surface area contributed by atoms with E-state index >= 15 is 0 Å². The summed E-state index contributed by atoms with van der Waals surface area (Å²) in [5, 5.41) is 19.6. The van der Waals surface area contributed by atoms with E-state index in [1.165, 1.54) is 16.6 Å². The Labute approximate surface area is 261 Å². The van der Waals surface area contributed by atoms with Crippen LogP contribution in [0.1, 0.15) is 20.3 Å². The molecule has 0 spiro atoms. The zero-order valence-corrected chi connectivity index (χ0v) is 26.0. The van der Waals surface area contributed by atoms with E-state index in [-0.39, 0.29) is 30.3 Å². The zero-order valence-electron chi connectivity index (χ0n) is 25.1. The molecule has 0 saturated carbocycles. The van der Waals surface area contributed by atoms with Crippen LogP contribution in [0.2, 0.25) is 0 Å². The van der Waals surface area contributed by atoms with Crippen LogP contribution >= 0.6 is 0 Å². The number of aliphatic carboxylic acids is 1. The van der Waals surface area contributed by atoms with Gasteiger partial charge in [0.1, 0.15) is 11.4 Å². The fourth-order valence-corrected chi connectivity index (χ4v) is 5.78. The highest BCUT2D eigenvalue weighted by Crippen LogP contribution is 2.33. The predicted molar refractivity (Wildman–Crippen MR) is 172 cm³/mol. The zero-order chi connectivity index (χ0) is 32.4. The molecule has 1 aliphatic heterocycles. The maximum Gasteiger partial charge on any atom is 0.310 e. The molecule has 3 heterocycles. The Morgan fingerprint density at radius 1 is 1.11 bits per heavy atom. The van der Waals surface area contributed by atoms with Crippen molar-refractivity contribution in [3.8, 4) is 11.6 Å². The summed E-state index contributed by atoms with van der Waals surface area (Å²) in [7, 11) is -3.22. The van der Waals surface area contributed by atoms with E-state index in [0.717, 1.165) is 5.69 Å². The predicted octanol–water partition coefficient (Wildman–Crippen LogP) is 4.65. The number of hydrogen-bond acceptors (Lipinski definition) is 9. The minimum absolute atomic E-state index is 0.00964. The average molecular weight is 634 g/mol. The highest BCUT2D eigenvalue weighted by Gasteiger charge is 2.30. The van der Waals surface area contributed by atoms with Crippen molar-refractivity contribution < 1.29 is 27.9 Å². The molecule has 1 aliphatic rings. The van der Waals surface area contributed by atoms with Crippen LogP contribution in [0.3, 0.4) is 0 Å². The van der Waals surface area contributed by atoms with Gasteiger partial charge in [-0.1, -0.05) is 12.6 Å². The van der Waals surface area contributed by atoms with Gasteiger partial charge in [-0.05, 0) is 68.8 Å². The van der Waals surface area contributed by atoms with Gasteiger partial charge in [0.25, 0.3) is 0 Å². The number of aromatic nitrogens is 3. The van der Waals surface area contributed by atoms with Crippen LogP contribution in [0.15, 0.2) is 73.4 Å². The number of fused-ring (bicyclic) bond motifs is 1. The third-order valence-corrected chi connectivity index (χ3v) is 8.63. The largest absolute Gasteiger partial charge is 0.481 e. The lowest BCUT2D eigenvalue weighted by atomic mass is 9.94. The first-order chi connectivity index (χ1) is 21.3. The van der Waals surface area contributed by atoms with Crippen LogP contribution < -0.4 is 20.7 Å². The topological polar surface area (TPSA) is 168 Å². The summed E-state index contributed by atoms with van der Waals surface area (Å²) >= 11 is 0. The van der Waals surface area contributed by atoms with E-state index in [4.69, 9.17) is 9.72 Å². The first kappa shape index (κ1) is 31.5. The summed E-state index contributed by atoms with van der Waals surface area (Å²) in [6.07, 6.45) is 4.85. The number of nitrogens with one attached hydrogen (secondary N) is 3. The standard InChI is InChI=1S/C31H35N7O6S/c1-5-26(39)33-22-7-6-8-24(17-22)44-28-25-14-15-37(19-31(2,3)29(40)41)27(25)35-30(36-28)34-21-11-9-20(10-12-21)32-23-13-16-38(18-23)45(4,42)43/h5-12,14-15,17,23,32H,1,13,16,18-19H2,2-4H3,(H,33,39)(H,40,41)(H,34,35,36)/t23-/m0/s1. The number of sulfonamides is 1. The van der Waals surface area contributed by atoms with Gasteiger partial charge < -0.3 is 30.4 Å². The van der Waals surface area contributed by atoms with Gasteiger partial charge in [-0.15, -0.1) is 0 Å². The Hall–Kier alpha value is -4.95. The molecule has 0 unspecified atom stereocenters. The van der Waals surface area contributed by atoms with Crippen LogP contribution in [0, 0.1) is 5.41 Å². The number of amides is 1. The first-order valence-corrected chi connectivity index (χ1v) is 16.1. The Balaban J connectivity index is 1.41. The highest BCUT2D eigenvalue weighted by atomic mass is 32.2. The van der Waals surface area contributed by atoms with Crippen LogP contribution in [0.5, 0.6) is 11.6 Å². The number of ether oxygens (including phenoxy) is 1. The second-order valence-electron chi connectivity index (χ2n) is 11.5. The maximum atomic E-state index is 11.9.